The molecule has 0 aromatic heterocycles. The van der Waals surface area contributed by atoms with Gasteiger partial charge in [-0.25, -0.2) is 9.59 Å². The van der Waals surface area contributed by atoms with Crippen molar-refractivity contribution in [2.75, 3.05) is 11.4 Å². The summed E-state index contributed by atoms with van der Waals surface area (Å²) < 4.78 is 10.5. The van der Waals surface area contributed by atoms with Crippen molar-refractivity contribution in [3.63, 3.8) is 0 Å². The maximum Gasteiger partial charge on any atom is 0.355 e. The normalized spacial score (nSPS) is 20.6. The van der Waals surface area contributed by atoms with Crippen LogP contribution < -0.4 is 4.90 Å². The van der Waals surface area contributed by atoms with Crippen molar-refractivity contribution in [2.45, 2.75) is 26.6 Å². The van der Waals surface area contributed by atoms with Crippen LogP contribution in [0.5, 0.6) is 0 Å². The number of cyclic esters (lactones) is 1. The Morgan fingerprint density at radius 3 is 2.78 bits per heavy atom. The van der Waals surface area contributed by atoms with Crippen molar-refractivity contribution in [2.24, 2.45) is 0 Å². The molecule has 1 N–H and O–H groups in total. The van der Waals surface area contributed by atoms with Crippen LogP contribution in [-0.2, 0) is 25.5 Å². The molecule has 0 fully saturated rings. The molecule has 3 rings (SSSR count). The molecule has 2 aliphatic heterocycles. The van der Waals surface area contributed by atoms with Crippen molar-refractivity contribution in [3.05, 3.63) is 52.9 Å². The van der Waals surface area contributed by atoms with Crippen LogP contribution in [0.15, 0.2) is 47.4 Å². The van der Waals surface area contributed by atoms with Crippen LogP contribution in [0.25, 0.3) is 0 Å². The quantitative estimate of drug-likeness (QED) is 0.521. The van der Waals surface area contributed by atoms with Crippen molar-refractivity contribution >= 4 is 17.6 Å². The van der Waals surface area contributed by atoms with Gasteiger partial charge < -0.3 is 19.5 Å². The fraction of sp³-hybridized carbons (Fsp3) is 0.294. The number of carboxylic acids is 1. The molecule has 0 aliphatic carbocycles. The molecule has 0 radical (unpaired) electrons. The highest BCUT2D eigenvalue weighted by atomic mass is 16.7. The fourth-order valence-corrected chi connectivity index (χ4v) is 2.69. The molecule has 6 nitrogen and oxygen atoms in total. The average Bonchev–Trinajstić information content (AvgIpc) is 3.05. The number of benzene rings is 1. The van der Waals surface area contributed by atoms with E-state index in [2.05, 4.69) is 0 Å². The molecule has 0 spiro atoms. The molecule has 1 unspecified atom stereocenters. The van der Waals surface area contributed by atoms with Gasteiger partial charge in [-0.1, -0.05) is 18.2 Å². The van der Waals surface area contributed by atoms with Gasteiger partial charge in [-0.05, 0) is 31.9 Å². The lowest BCUT2D eigenvalue weighted by molar-refractivity contribution is -0.153. The van der Waals surface area contributed by atoms with Gasteiger partial charge in [0, 0.05) is 23.4 Å². The Labute approximate surface area is 133 Å². The summed E-state index contributed by atoms with van der Waals surface area (Å²) >= 11 is 0. The van der Waals surface area contributed by atoms with E-state index in [1.807, 2.05) is 24.3 Å². The molecular formula is C17H17NO5. The number of fused-ring (bicyclic) bond motifs is 1. The standard InChI is InChI=1S/C17H17NO5/c1-10-11(2)17(23-16(10)21)22-9-14(15(19)20)18-8-7-12-5-3-4-6-13(12)18/h3-6,9,17H,7-8H2,1-2H3,(H,19,20)/b14-9-. The third kappa shape index (κ3) is 2.67. The second kappa shape index (κ2) is 5.79. The monoisotopic (exact) mass is 315 g/mol. The molecule has 1 aromatic carbocycles. The maximum atomic E-state index is 11.6. The number of hydrogen-bond donors (Lipinski definition) is 1. The molecule has 0 amide bonds. The Balaban J connectivity index is 1.84. The highest BCUT2D eigenvalue weighted by Crippen LogP contribution is 2.31. The van der Waals surface area contributed by atoms with E-state index in [-0.39, 0.29) is 5.70 Å². The Bertz CT molecular complexity index is 734. The predicted octanol–water partition coefficient (Wildman–Crippen LogP) is 2.21. The van der Waals surface area contributed by atoms with Gasteiger partial charge >= 0.3 is 11.9 Å². The Hall–Kier alpha value is -2.76. The summed E-state index contributed by atoms with van der Waals surface area (Å²) in [6, 6.07) is 7.65. The SMILES string of the molecule is CC1=C(C)C(O/C=C(/C(=O)O)N2CCc3ccccc32)OC1=O. The number of carbonyl (C=O) groups is 2. The average molecular weight is 315 g/mol. The number of aliphatic carboxylic acids is 1. The number of esters is 1. The molecule has 2 aliphatic rings. The van der Waals surface area contributed by atoms with Gasteiger partial charge in [0.05, 0.1) is 0 Å². The Morgan fingerprint density at radius 2 is 2.13 bits per heavy atom. The molecule has 6 heteroatoms. The number of para-hydroxylation sites is 1. The van der Waals surface area contributed by atoms with E-state index >= 15 is 0 Å². The summed E-state index contributed by atoms with van der Waals surface area (Å²) in [4.78, 5) is 24.8. The smallest absolute Gasteiger partial charge is 0.355 e. The minimum Gasteiger partial charge on any atom is -0.476 e. The van der Waals surface area contributed by atoms with Gasteiger partial charge in [0.25, 0.3) is 6.29 Å². The predicted molar refractivity (Wildman–Crippen MR) is 82.5 cm³/mol. The Morgan fingerprint density at radius 1 is 1.39 bits per heavy atom. The second-order valence-corrected chi connectivity index (χ2v) is 5.52. The van der Waals surface area contributed by atoms with E-state index in [1.165, 1.54) is 0 Å². The summed E-state index contributed by atoms with van der Waals surface area (Å²) in [6.07, 6.45) is 1.07. The number of anilines is 1. The van der Waals surface area contributed by atoms with E-state index in [0.717, 1.165) is 23.9 Å². The van der Waals surface area contributed by atoms with Crippen LogP contribution in [0.1, 0.15) is 19.4 Å². The molecule has 2 heterocycles. The molecule has 0 saturated carbocycles. The maximum absolute atomic E-state index is 11.6. The van der Waals surface area contributed by atoms with Crippen molar-refractivity contribution in [1.82, 2.24) is 0 Å². The van der Waals surface area contributed by atoms with Gasteiger partial charge in [0.15, 0.2) is 5.70 Å². The van der Waals surface area contributed by atoms with E-state index in [4.69, 9.17) is 9.47 Å². The number of carbonyl (C=O) groups excluding carboxylic acids is 1. The topological polar surface area (TPSA) is 76.1 Å². The van der Waals surface area contributed by atoms with E-state index in [1.54, 1.807) is 18.7 Å². The lowest BCUT2D eigenvalue weighted by Crippen LogP contribution is -2.26. The number of hydrogen-bond acceptors (Lipinski definition) is 5. The van der Waals surface area contributed by atoms with Crippen LogP contribution >= 0.6 is 0 Å². The third-order valence-corrected chi connectivity index (χ3v) is 4.17. The van der Waals surface area contributed by atoms with Gasteiger partial charge in [0.1, 0.15) is 6.26 Å². The summed E-state index contributed by atoms with van der Waals surface area (Å²) in [5.41, 5.74) is 3.11. The molecule has 1 aromatic rings. The number of rotatable bonds is 4. The molecule has 23 heavy (non-hydrogen) atoms. The van der Waals surface area contributed by atoms with Crippen molar-refractivity contribution in [3.8, 4) is 0 Å². The van der Waals surface area contributed by atoms with Gasteiger partial charge in [0.2, 0.25) is 0 Å². The first-order chi connectivity index (χ1) is 11.0. The second-order valence-electron chi connectivity index (χ2n) is 5.52. The molecular weight excluding hydrogens is 298 g/mol. The Kier molecular flexibility index (Phi) is 3.82. The number of nitrogens with zero attached hydrogens (tertiary/aromatic N) is 1. The first-order valence-corrected chi connectivity index (χ1v) is 7.31. The van der Waals surface area contributed by atoms with Crippen molar-refractivity contribution in [1.29, 1.82) is 0 Å². The van der Waals surface area contributed by atoms with Gasteiger partial charge in [-0.2, -0.15) is 0 Å². The van der Waals surface area contributed by atoms with Crippen molar-refractivity contribution < 1.29 is 24.2 Å². The zero-order chi connectivity index (χ0) is 16.6. The highest BCUT2D eigenvalue weighted by molar-refractivity contribution is 5.92. The molecule has 1 atom stereocenters. The first-order valence-electron chi connectivity index (χ1n) is 7.31. The van der Waals surface area contributed by atoms with Crippen LogP contribution in [0, 0.1) is 0 Å². The van der Waals surface area contributed by atoms with E-state index in [0.29, 0.717) is 17.7 Å². The lowest BCUT2D eigenvalue weighted by atomic mass is 10.2. The van der Waals surface area contributed by atoms with Crippen LogP contribution in [-0.4, -0.2) is 29.9 Å². The molecule has 120 valence electrons. The van der Waals surface area contributed by atoms with E-state index in [9.17, 15) is 14.7 Å². The minimum atomic E-state index is -1.09. The summed E-state index contributed by atoms with van der Waals surface area (Å²) in [5, 5.41) is 9.49. The van der Waals surface area contributed by atoms with Gasteiger partial charge in [-0.15, -0.1) is 0 Å². The van der Waals surface area contributed by atoms with E-state index < -0.39 is 18.2 Å². The third-order valence-electron chi connectivity index (χ3n) is 4.17. The summed E-state index contributed by atoms with van der Waals surface area (Å²) in [6.45, 7) is 3.95. The number of ether oxygens (including phenoxy) is 2. The highest BCUT2D eigenvalue weighted by Gasteiger charge is 2.31. The first kappa shape index (κ1) is 15.1. The zero-order valence-corrected chi connectivity index (χ0v) is 12.9. The fourth-order valence-electron chi connectivity index (χ4n) is 2.69. The van der Waals surface area contributed by atoms with Crippen LogP contribution in [0.3, 0.4) is 0 Å². The lowest BCUT2D eigenvalue weighted by Gasteiger charge is -2.20. The summed E-state index contributed by atoms with van der Waals surface area (Å²) in [7, 11) is 0. The number of carboxylic acid groups (broad SMARTS) is 1. The van der Waals surface area contributed by atoms with Crippen LogP contribution in [0.2, 0.25) is 0 Å². The minimum absolute atomic E-state index is 0.0170. The van der Waals surface area contributed by atoms with Gasteiger partial charge in [-0.3, -0.25) is 0 Å². The molecule has 0 saturated heterocycles. The van der Waals surface area contributed by atoms with Crippen LogP contribution in [0.4, 0.5) is 5.69 Å². The summed E-state index contributed by atoms with van der Waals surface area (Å²) in [5.74, 6) is -1.53. The largest absolute Gasteiger partial charge is 0.476 e. The zero-order valence-electron chi connectivity index (χ0n) is 12.9. The molecule has 0 bridgehead atoms.